The molecular formula is C37H52F2N7O7S+. The second kappa shape index (κ2) is 15.5. The normalized spacial score (nSPS) is 25.8. The maximum Gasteiger partial charge on any atom is 0.415 e. The number of nitrogens with one attached hydrogen (secondary N) is 1. The van der Waals surface area contributed by atoms with Crippen LogP contribution in [0.4, 0.5) is 25.1 Å². The van der Waals surface area contributed by atoms with E-state index in [0.29, 0.717) is 43.1 Å². The summed E-state index contributed by atoms with van der Waals surface area (Å²) in [5, 5.41) is 12.6. The third kappa shape index (κ3) is 7.49. The van der Waals surface area contributed by atoms with Gasteiger partial charge in [-0.25, -0.2) is 27.0 Å². The minimum absolute atomic E-state index is 0.00135. The van der Waals surface area contributed by atoms with Crippen LogP contribution >= 0.6 is 0 Å². The minimum atomic E-state index is -3.95. The third-order valence-corrected chi connectivity index (χ3v) is 14.0. The van der Waals surface area contributed by atoms with E-state index < -0.39 is 40.1 Å². The number of aryl methyl sites for hydroxylation is 1. The quantitative estimate of drug-likeness (QED) is 0.273. The second-order valence-corrected chi connectivity index (χ2v) is 17.4. The van der Waals surface area contributed by atoms with Crippen molar-refractivity contribution in [3.05, 3.63) is 41.6 Å². The summed E-state index contributed by atoms with van der Waals surface area (Å²) in [6.07, 6.45) is 2.29. The third-order valence-electron chi connectivity index (χ3n) is 12.1. The van der Waals surface area contributed by atoms with E-state index in [2.05, 4.69) is 10.3 Å². The van der Waals surface area contributed by atoms with Gasteiger partial charge in [0.15, 0.2) is 6.10 Å². The van der Waals surface area contributed by atoms with Crippen molar-refractivity contribution in [1.29, 1.82) is 0 Å². The molecule has 3 saturated heterocycles. The van der Waals surface area contributed by atoms with E-state index in [1.54, 1.807) is 6.92 Å². The van der Waals surface area contributed by atoms with Crippen LogP contribution in [0.25, 0.3) is 0 Å². The number of rotatable bonds is 12. The standard InChI is InChI=1S/C37H51F2N7O7S/c1-25-20-28(37(38,39)27-6-4-26(5-7-27)35(48)41-11-19-46(18-10-40)16-2-3-17-46)21-34(42-25)43-12-14-44(15-13-43)54(50,51)29-8-9-30-32(22-29)52-24-31-33(23-47)53-36(49)45(30)31/h8-9,20-22,26-27,31,33,47H,2-7,10-19,23-24,40H2,1H3/p+1/t26?,27?,31-,33-/m0/s1. The highest BCUT2D eigenvalue weighted by molar-refractivity contribution is 7.89. The van der Waals surface area contributed by atoms with Crippen molar-refractivity contribution in [3.8, 4) is 5.75 Å². The van der Waals surface area contributed by atoms with E-state index in [9.17, 15) is 23.1 Å². The number of aliphatic hydroxyl groups is 1. The lowest BCUT2D eigenvalue weighted by atomic mass is 9.77. The Morgan fingerprint density at radius 1 is 1.07 bits per heavy atom. The van der Waals surface area contributed by atoms with Gasteiger partial charge in [0.25, 0.3) is 5.92 Å². The number of fused-ring (bicyclic) bond motifs is 3. The van der Waals surface area contributed by atoms with E-state index in [1.165, 1.54) is 52.4 Å². The van der Waals surface area contributed by atoms with Gasteiger partial charge in [-0.15, -0.1) is 0 Å². The van der Waals surface area contributed by atoms with Crippen LogP contribution in [0.3, 0.4) is 0 Å². The summed E-state index contributed by atoms with van der Waals surface area (Å²) in [7, 11) is -3.95. The van der Waals surface area contributed by atoms with Crippen molar-refractivity contribution in [2.24, 2.45) is 17.6 Å². The number of hydrogen-bond acceptors (Lipinski definition) is 10. The van der Waals surface area contributed by atoms with E-state index in [-0.39, 0.29) is 80.3 Å². The number of sulfonamides is 1. The number of pyridine rings is 1. The topological polar surface area (TPSA) is 168 Å². The monoisotopic (exact) mass is 776 g/mol. The Hall–Kier alpha value is -3.64. The molecule has 1 aliphatic carbocycles. The number of cyclic esters (lactones) is 1. The number of halogens is 2. The van der Waals surface area contributed by atoms with Gasteiger partial charge in [0.1, 0.15) is 24.2 Å². The van der Waals surface area contributed by atoms with Crippen molar-refractivity contribution < 1.29 is 45.9 Å². The highest BCUT2D eigenvalue weighted by atomic mass is 32.2. The molecule has 0 spiro atoms. The molecule has 2 atom stereocenters. The zero-order valence-corrected chi connectivity index (χ0v) is 31.6. The number of quaternary nitrogens is 1. The molecule has 1 aromatic heterocycles. The number of amides is 2. The maximum atomic E-state index is 16.1. The Kier molecular flexibility index (Phi) is 11.1. The number of anilines is 2. The number of aromatic nitrogens is 1. The van der Waals surface area contributed by atoms with E-state index in [0.717, 1.165) is 30.7 Å². The van der Waals surface area contributed by atoms with Crippen molar-refractivity contribution >= 4 is 33.5 Å². The molecule has 0 bridgehead atoms. The molecule has 14 nitrogen and oxygen atoms in total. The number of ether oxygens (including phenoxy) is 2. The van der Waals surface area contributed by atoms with Crippen molar-refractivity contribution in [1.82, 2.24) is 14.6 Å². The first kappa shape index (κ1) is 38.6. The fourth-order valence-electron chi connectivity index (χ4n) is 8.99. The van der Waals surface area contributed by atoms with E-state index >= 15 is 8.78 Å². The van der Waals surface area contributed by atoms with Crippen molar-refractivity contribution in [3.63, 3.8) is 0 Å². The Morgan fingerprint density at radius 3 is 2.48 bits per heavy atom. The first-order chi connectivity index (χ1) is 25.8. The molecule has 296 valence electrons. The molecule has 2 aromatic rings. The minimum Gasteiger partial charge on any atom is -0.489 e. The molecular weight excluding hydrogens is 725 g/mol. The van der Waals surface area contributed by atoms with Crippen LogP contribution < -0.4 is 25.6 Å². The molecule has 4 fully saturated rings. The summed E-state index contributed by atoms with van der Waals surface area (Å²) in [5.41, 5.74) is 6.55. The Bertz CT molecular complexity index is 1810. The molecule has 5 aliphatic rings. The Balaban J connectivity index is 0.942. The number of carbonyl (C=O) groups is 2. The summed E-state index contributed by atoms with van der Waals surface area (Å²) >= 11 is 0. The fraction of sp³-hybridized carbons (Fsp3) is 0.649. The van der Waals surface area contributed by atoms with Crippen LogP contribution in [-0.4, -0.2) is 130 Å². The summed E-state index contributed by atoms with van der Waals surface area (Å²) in [4.78, 5) is 33.2. The molecule has 54 heavy (non-hydrogen) atoms. The summed E-state index contributed by atoms with van der Waals surface area (Å²) < 4.78 is 73.0. The van der Waals surface area contributed by atoms with Gasteiger partial charge in [0, 0.05) is 74.7 Å². The highest BCUT2D eigenvalue weighted by Crippen LogP contribution is 2.46. The fourth-order valence-corrected chi connectivity index (χ4v) is 10.4. The molecule has 4 aliphatic heterocycles. The van der Waals surface area contributed by atoms with Gasteiger partial charge in [0.2, 0.25) is 15.9 Å². The van der Waals surface area contributed by atoms with Gasteiger partial charge in [0.05, 0.1) is 49.9 Å². The lowest BCUT2D eigenvalue weighted by molar-refractivity contribution is -0.914. The number of hydrogen-bond donors (Lipinski definition) is 3. The van der Waals surface area contributed by atoms with Crippen LogP contribution in [-0.2, 0) is 25.5 Å². The van der Waals surface area contributed by atoms with Gasteiger partial charge in [-0.3, -0.25) is 9.69 Å². The van der Waals surface area contributed by atoms with Crippen LogP contribution in [0.5, 0.6) is 5.75 Å². The largest absolute Gasteiger partial charge is 0.489 e. The number of nitrogens with two attached hydrogens (primary N) is 1. The summed E-state index contributed by atoms with van der Waals surface area (Å²) in [6, 6.07) is 6.64. The molecule has 4 N–H and O–H groups in total. The first-order valence-electron chi connectivity index (χ1n) is 19.2. The number of carbonyl (C=O) groups excluding carboxylic acids is 2. The van der Waals surface area contributed by atoms with Crippen LogP contribution in [0.15, 0.2) is 35.2 Å². The number of alkyl halides is 2. The van der Waals surface area contributed by atoms with Gasteiger partial charge < -0.3 is 35.0 Å². The Labute approximate surface area is 315 Å². The molecule has 5 heterocycles. The highest BCUT2D eigenvalue weighted by Gasteiger charge is 2.47. The number of piperazine rings is 1. The smallest absolute Gasteiger partial charge is 0.415 e. The molecule has 17 heteroatoms. The lowest BCUT2D eigenvalue weighted by Gasteiger charge is -2.36. The van der Waals surface area contributed by atoms with Gasteiger partial charge in [-0.05, 0) is 56.9 Å². The lowest BCUT2D eigenvalue weighted by Crippen LogP contribution is -2.52. The number of aliphatic hydroxyl groups excluding tert-OH is 1. The Morgan fingerprint density at radius 2 is 1.80 bits per heavy atom. The SMILES string of the molecule is Cc1cc(C(F)(F)C2CCC(C(=O)NCC[N+]3(CCN)CCCC3)CC2)cc(N2CCN(S(=O)(=O)c3ccc4c(c3)OC[C@H]3[C@H](CO)OC(=O)N43)CC2)n1. The van der Waals surface area contributed by atoms with E-state index in [4.69, 9.17) is 15.2 Å². The predicted molar refractivity (Wildman–Crippen MR) is 196 cm³/mol. The van der Waals surface area contributed by atoms with Gasteiger partial charge in [-0.2, -0.15) is 4.31 Å². The van der Waals surface area contributed by atoms with Crippen LogP contribution in [0.2, 0.25) is 0 Å². The second-order valence-electron chi connectivity index (χ2n) is 15.4. The van der Waals surface area contributed by atoms with Crippen LogP contribution in [0, 0.1) is 18.8 Å². The summed E-state index contributed by atoms with van der Waals surface area (Å²) in [5.74, 6) is -3.75. The first-order valence-corrected chi connectivity index (χ1v) is 20.6. The van der Waals surface area contributed by atoms with Gasteiger partial charge >= 0.3 is 6.09 Å². The maximum absolute atomic E-state index is 16.1. The molecule has 0 unspecified atom stereocenters. The number of likely N-dealkylation sites (tertiary alicyclic amines) is 1. The molecule has 7 rings (SSSR count). The van der Waals surface area contributed by atoms with Crippen LogP contribution in [0.1, 0.15) is 49.8 Å². The zero-order chi connectivity index (χ0) is 38.3. The van der Waals surface area contributed by atoms with Crippen molar-refractivity contribution in [2.75, 3.05) is 88.5 Å². The number of nitrogens with zero attached hydrogens (tertiary/aromatic N) is 5. The van der Waals surface area contributed by atoms with Crippen molar-refractivity contribution in [2.45, 2.75) is 68.4 Å². The van der Waals surface area contributed by atoms with Gasteiger partial charge in [-0.1, -0.05) is 0 Å². The molecule has 1 saturated carbocycles. The average Bonchev–Trinajstić information content (AvgIpc) is 3.78. The predicted octanol–water partition coefficient (Wildman–Crippen LogP) is 2.56. The summed E-state index contributed by atoms with van der Waals surface area (Å²) in [6.45, 7) is 7.21. The number of benzene rings is 1. The molecule has 1 aromatic carbocycles. The van der Waals surface area contributed by atoms with E-state index in [1.807, 2.05) is 4.90 Å². The molecule has 0 radical (unpaired) electrons. The average molecular weight is 777 g/mol. The molecule has 2 amide bonds. The zero-order valence-electron chi connectivity index (χ0n) is 30.8.